The summed E-state index contributed by atoms with van der Waals surface area (Å²) in [5.41, 5.74) is 4.78. The highest BCUT2D eigenvalue weighted by Crippen LogP contribution is 2.26. The number of rotatable bonds is 9. The lowest BCUT2D eigenvalue weighted by atomic mass is 9.80. The van der Waals surface area contributed by atoms with Gasteiger partial charge in [0.1, 0.15) is 5.41 Å². The van der Waals surface area contributed by atoms with E-state index in [0.29, 0.717) is 19.4 Å². The van der Waals surface area contributed by atoms with Gasteiger partial charge >= 0.3 is 0 Å². The lowest BCUT2D eigenvalue weighted by Crippen LogP contribution is -2.50. The maximum atomic E-state index is 12.3. The molecule has 112 valence electrons. The van der Waals surface area contributed by atoms with Gasteiger partial charge in [-0.1, -0.05) is 32.9 Å². The summed E-state index contributed by atoms with van der Waals surface area (Å²) in [4.78, 5) is 14.5. The molecule has 0 aliphatic carbocycles. The number of likely N-dealkylation sites (N-methyl/N-ethyl adjacent to an activating group) is 1. The van der Waals surface area contributed by atoms with E-state index in [0.717, 1.165) is 19.6 Å². The number of nitrogens with zero attached hydrogens (tertiary/aromatic N) is 2. The van der Waals surface area contributed by atoms with E-state index >= 15 is 0 Å². The second-order valence-corrected chi connectivity index (χ2v) is 4.56. The average Bonchev–Trinajstić information content (AvgIpc) is 2.45. The molecule has 0 radical (unpaired) electrons. The van der Waals surface area contributed by atoms with Crippen LogP contribution in [0, 0.1) is 5.41 Å². The third-order valence-corrected chi connectivity index (χ3v) is 3.85. The van der Waals surface area contributed by atoms with Crippen LogP contribution in [0.3, 0.4) is 0 Å². The molecule has 1 amide bonds. The molecule has 0 aromatic rings. The number of nitrogens with two attached hydrogens (primary N) is 1. The molecule has 0 aliphatic heterocycles. The molecule has 0 bridgehead atoms. The number of hydrogen-bond donors (Lipinski definition) is 3. The van der Waals surface area contributed by atoms with Crippen molar-refractivity contribution in [2.75, 3.05) is 26.2 Å². The van der Waals surface area contributed by atoms with Crippen LogP contribution < -0.4 is 11.1 Å². The van der Waals surface area contributed by atoms with E-state index in [1.54, 1.807) is 0 Å². The number of carbonyl (C=O) groups is 1. The fourth-order valence-corrected chi connectivity index (χ4v) is 2.18. The molecular weight excluding hydrogens is 244 g/mol. The number of amides is 1. The lowest BCUT2D eigenvalue weighted by molar-refractivity contribution is -0.128. The van der Waals surface area contributed by atoms with Crippen molar-refractivity contribution < 1.29 is 10.0 Å². The van der Waals surface area contributed by atoms with Crippen molar-refractivity contribution in [2.24, 2.45) is 16.3 Å². The summed E-state index contributed by atoms with van der Waals surface area (Å²) in [6.07, 6.45) is 1.02. The van der Waals surface area contributed by atoms with Crippen LogP contribution in [-0.2, 0) is 4.79 Å². The summed E-state index contributed by atoms with van der Waals surface area (Å²) in [6, 6.07) is 0. The lowest BCUT2D eigenvalue weighted by Gasteiger charge is -2.29. The Morgan fingerprint density at radius 1 is 1.26 bits per heavy atom. The van der Waals surface area contributed by atoms with Crippen molar-refractivity contribution in [1.29, 1.82) is 0 Å². The van der Waals surface area contributed by atoms with Crippen molar-refractivity contribution in [3.05, 3.63) is 0 Å². The van der Waals surface area contributed by atoms with Gasteiger partial charge in [-0.05, 0) is 25.9 Å². The van der Waals surface area contributed by atoms with Crippen LogP contribution in [0.1, 0.15) is 40.5 Å². The summed E-state index contributed by atoms with van der Waals surface area (Å²) in [6.45, 7) is 11.2. The number of nitrogens with one attached hydrogen (secondary N) is 1. The SMILES string of the molecule is CCN(CC)CCNC(=O)C(CC)(CC)C(N)=NO. The molecule has 0 heterocycles. The highest BCUT2D eigenvalue weighted by atomic mass is 16.4. The van der Waals surface area contributed by atoms with Crippen LogP contribution in [0.2, 0.25) is 0 Å². The molecule has 4 N–H and O–H groups in total. The molecule has 6 heteroatoms. The van der Waals surface area contributed by atoms with Crippen molar-refractivity contribution in [3.63, 3.8) is 0 Å². The number of carbonyl (C=O) groups excluding carboxylic acids is 1. The predicted molar refractivity (Wildman–Crippen MR) is 77.2 cm³/mol. The van der Waals surface area contributed by atoms with Gasteiger partial charge in [0.2, 0.25) is 5.91 Å². The molecule has 6 nitrogen and oxygen atoms in total. The number of amidine groups is 1. The van der Waals surface area contributed by atoms with Gasteiger partial charge < -0.3 is 21.2 Å². The van der Waals surface area contributed by atoms with E-state index < -0.39 is 5.41 Å². The Balaban J connectivity index is 4.60. The maximum Gasteiger partial charge on any atom is 0.233 e. The second kappa shape index (κ2) is 8.74. The average molecular weight is 272 g/mol. The summed E-state index contributed by atoms with van der Waals surface area (Å²) in [5.74, 6) is -0.183. The summed E-state index contributed by atoms with van der Waals surface area (Å²) in [7, 11) is 0. The monoisotopic (exact) mass is 272 g/mol. The summed E-state index contributed by atoms with van der Waals surface area (Å²) < 4.78 is 0. The summed E-state index contributed by atoms with van der Waals surface area (Å²) in [5, 5.41) is 14.8. The van der Waals surface area contributed by atoms with Gasteiger partial charge in [-0.25, -0.2) is 0 Å². The molecule has 0 aromatic heterocycles. The maximum absolute atomic E-state index is 12.3. The topological polar surface area (TPSA) is 91.0 Å². The molecule has 0 rings (SSSR count). The Morgan fingerprint density at radius 3 is 2.16 bits per heavy atom. The van der Waals surface area contributed by atoms with E-state index in [1.807, 2.05) is 13.8 Å². The van der Waals surface area contributed by atoms with Gasteiger partial charge in [-0.15, -0.1) is 0 Å². The highest BCUT2D eigenvalue weighted by molar-refractivity contribution is 6.06. The predicted octanol–water partition coefficient (Wildman–Crippen LogP) is 0.997. The first-order chi connectivity index (χ1) is 9.02. The van der Waals surface area contributed by atoms with E-state index in [4.69, 9.17) is 10.9 Å². The van der Waals surface area contributed by atoms with E-state index in [9.17, 15) is 4.79 Å². The Hall–Kier alpha value is -1.30. The van der Waals surface area contributed by atoms with Crippen LogP contribution in [0.25, 0.3) is 0 Å². The largest absolute Gasteiger partial charge is 0.409 e. The standard InChI is InChI=1S/C13H28N4O2/c1-5-13(6-2,11(14)16-19)12(18)15-9-10-17(7-3)8-4/h19H,5-10H2,1-4H3,(H2,14,16)(H,15,18). The number of oxime groups is 1. The number of hydrogen-bond acceptors (Lipinski definition) is 4. The van der Waals surface area contributed by atoms with Crippen molar-refractivity contribution in [3.8, 4) is 0 Å². The first-order valence-electron chi connectivity index (χ1n) is 7.00. The molecule has 0 atom stereocenters. The minimum absolute atomic E-state index is 0.0159. The Morgan fingerprint density at radius 2 is 1.79 bits per heavy atom. The fourth-order valence-electron chi connectivity index (χ4n) is 2.18. The van der Waals surface area contributed by atoms with Crippen molar-refractivity contribution in [1.82, 2.24) is 10.2 Å². The zero-order valence-electron chi connectivity index (χ0n) is 12.6. The van der Waals surface area contributed by atoms with E-state index in [-0.39, 0.29) is 11.7 Å². The van der Waals surface area contributed by atoms with Crippen molar-refractivity contribution >= 4 is 11.7 Å². The first-order valence-corrected chi connectivity index (χ1v) is 7.00. The van der Waals surface area contributed by atoms with Crippen LogP contribution in [-0.4, -0.2) is 48.0 Å². The van der Waals surface area contributed by atoms with Gasteiger partial charge in [-0.3, -0.25) is 4.79 Å². The van der Waals surface area contributed by atoms with Crippen LogP contribution >= 0.6 is 0 Å². The summed E-state index contributed by atoms with van der Waals surface area (Å²) >= 11 is 0. The Kier molecular flexibility index (Phi) is 8.14. The quantitative estimate of drug-likeness (QED) is 0.253. The van der Waals surface area contributed by atoms with Gasteiger partial charge in [0.15, 0.2) is 5.84 Å². The zero-order chi connectivity index (χ0) is 14.9. The minimum atomic E-state index is -0.905. The minimum Gasteiger partial charge on any atom is -0.409 e. The van der Waals surface area contributed by atoms with Crippen LogP contribution in [0.5, 0.6) is 0 Å². The molecule has 0 saturated heterocycles. The Labute approximate surface area is 116 Å². The molecule has 0 aliphatic rings. The Bertz CT molecular complexity index is 297. The first kappa shape index (κ1) is 17.7. The van der Waals surface area contributed by atoms with Gasteiger partial charge in [0, 0.05) is 13.1 Å². The molecule has 0 saturated carbocycles. The van der Waals surface area contributed by atoms with Gasteiger partial charge in [-0.2, -0.15) is 0 Å². The molecule has 0 unspecified atom stereocenters. The second-order valence-electron chi connectivity index (χ2n) is 4.56. The molecule has 0 fully saturated rings. The molecule has 0 spiro atoms. The van der Waals surface area contributed by atoms with Crippen LogP contribution in [0.15, 0.2) is 5.16 Å². The molecule has 19 heavy (non-hydrogen) atoms. The fraction of sp³-hybridized carbons (Fsp3) is 0.846. The van der Waals surface area contributed by atoms with Crippen molar-refractivity contribution in [2.45, 2.75) is 40.5 Å². The van der Waals surface area contributed by atoms with Crippen LogP contribution in [0.4, 0.5) is 0 Å². The third kappa shape index (κ3) is 4.38. The smallest absolute Gasteiger partial charge is 0.233 e. The third-order valence-electron chi connectivity index (χ3n) is 3.85. The normalized spacial score (nSPS) is 12.8. The van der Waals surface area contributed by atoms with Gasteiger partial charge in [0.25, 0.3) is 0 Å². The highest BCUT2D eigenvalue weighted by Gasteiger charge is 2.39. The van der Waals surface area contributed by atoms with Gasteiger partial charge in [0.05, 0.1) is 0 Å². The van der Waals surface area contributed by atoms with E-state index in [2.05, 4.69) is 29.2 Å². The molecular formula is C13H28N4O2. The zero-order valence-corrected chi connectivity index (χ0v) is 12.6. The van der Waals surface area contributed by atoms with E-state index in [1.165, 1.54) is 0 Å². The molecule has 0 aromatic carbocycles.